The highest BCUT2D eigenvalue weighted by Crippen LogP contribution is 2.45. The molecule has 0 aromatic heterocycles. The molecule has 1 unspecified atom stereocenters. The number of ether oxygens (including phenoxy) is 1. The van der Waals surface area contributed by atoms with Crippen LogP contribution in [-0.2, 0) is 14.3 Å². The van der Waals surface area contributed by atoms with Crippen LogP contribution in [0.1, 0.15) is 66.2 Å². The van der Waals surface area contributed by atoms with Gasteiger partial charge in [-0.25, -0.2) is 4.79 Å². The summed E-state index contributed by atoms with van der Waals surface area (Å²) in [4.78, 5) is 28.0. The maximum atomic E-state index is 13.0. The monoisotopic (exact) mass is 379 g/mol. The zero-order valence-corrected chi connectivity index (χ0v) is 17.7. The topological polar surface area (TPSA) is 46.6 Å². The molecule has 26 heavy (non-hydrogen) atoms. The first-order valence-electron chi connectivity index (χ1n) is 10.1. The maximum Gasteiger partial charge on any atom is 0.336 e. The first-order chi connectivity index (χ1) is 12.5. The first-order valence-corrected chi connectivity index (χ1v) is 11.0. The molecule has 0 saturated heterocycles. The second-order valence-corrected chi connectivity index (χ2v) is 8.19. The number of thioether (sulfide) groups is 1. The molecule has 0 amide bonds. The van der Waals surface area contributed by atoms with Crippen molar-refractivity contribution >= 4 is 22.8 Å². The van der Waals surface area contributed by atoms with Crippen molar-refractivity contribution in [2.75, 3.05) is 19.4 Å². The predicted molar refractivity (Wildman–Crippen MR) is 108 cm³/mol. The van der Waals surface area contributed by atoms with Crippen LogP contribution in [-0.4, -0.2) is 35.4 Å². The summed E-state index contributed by atoms with van der Waals surface area (Å²) in [5.41, 5.74) is 3.75. The number of carbonyl (C=O) groups excluding carboxylic acids is 2. The third-order valence-corrected chi connectivity index (χ3v) is 6.30. The molecule has 146 valence electrons. The molecular weight excluding hydrogens is 346 g/mol. The van der Waals surface area contributed by atoms with Gasteiger partial charge in [0.05, 0.1) is 12.2 Å². The van der Waals surface area contributed by atoms with E-state index in [2.05, 4.69) is 18.7 Å². The molecule has 0 radical (unpaired) electrons. The molecule has 1 saturated carbocycles. The highest BCUT2D eigenvalue weighted by Gasteiger charge is 2.41. The van der Waals surface area contributed by atoms with Crippen LogP contribution in [0, 0.1) is 11.8 Å². The number of carbonyl (C=O) groups is 2. The van der Waals surface area contributed by atoms with Gasteiger partial charge in [-0.2, -0.15) is 0 Å². The Morgan fingerprint density at radius 3 is 2.27 bits per heavy atom. The minimum Gasteiger partial charge on any atom is -0.463 e. The molecule has 0 spiro atoms. The van der Waals surface area contributed by atoms with E-state index < -0.39 is 0 Å². The van der Waals surface area contributed by atoms with Gasteiger partial charge in [0.2, 0.25) is 5.12 Å². The molecule has 0 aromatic carbocycles. The summed E-state index contributed by atoms with van der Waals surface area (Å²) in [6.45, 7) is 8.36. The third-order valence-electron chi connectivity index (χ3n) is 5.53. The fraction of sp³-hybridized carbons (Fsp3) is 0.714. The summed E-state index contributed by atoms with van der Waals surface area (Å²) in [7, 11) is 2.03. The average molecular weight is 380 g/mol. The minimum atomic E-state index is -0.241. The van der Waals surface area contributed by atoms with Gasteiger partial charge in [0.1, 0.15) is 0 Å². The van der Waals surface area contributed by atoms with Crippen LogP contribution in [0.2, 0.25) is 0 Å². The lowest BCUT2D eigenvalue weighted by molar-refractivity contribution is -0.139. The minimum absolute atomic E-state index is 0.107. The smallest absolute Gasteiger partial charge is 0.336 e. The second kappa shape index (κ2) is 9.63. The lowest BCUT2D eigenvalue weighted by atomic mass is 9.79. The lowest BCUT2D eigenvalue weighted by Crippen LogP contribution is -2.37. The van der Waals surface area contributed by atoms with Crippen molar-refractivity contribution in [3.8, 4) is 0 Å². The van der Waals surface area contributed by atoms with Crippen molar-refractivity contribution in [3.05, 3.63) is 22.5 Å². The Labute approximate surface area is 162 Å². The van der Waals surface area contributed by atoms with Crippen molar-refractivity contribution in [2.45, 2.75) is 66.2 Å². The number of nitrogens with zero attached hydrogens (tertiary/aromatic N) is 1. The summed E-state index contributed by atoms with van der Waals surface area (Å²) in [6, 6.07) is 0. The molecule has 2 rings (SSSR count). The van der Waals surface area contributed by atoms with E-state index in [1.165, 1.54) is 24.6 Å². The van der Waals surface area contributed by atoms with E-state index in [9.17, 15) is 9.59 Å². The van der Waals surface area contributed by atoms with Gasteiger partial charge >= 0.3 is 5.97 Å². The Hall–Kier alpha value is -1.23. The molecule has 0 N–H and O–H groups in total. The molecule has 1 aliphatic carbocycles. The summed E-state index contributed by atoms with van der Waals surface area (Å²) in [6.07, 6.45) is 6.18. The maximum absolute atomic E-state index is 13.0. The van der Waals surface area contributed by atoms with Gasteiger partial charge in [-0.3, -0.25) is 4.79 Å². The summed E-state index contributed by atoms with van der Waals surface area (Å²) in [5.74, 6) is 0.746. The fourth-order valence-corrected chi connectivity index (χ4v) is 5.16. The van der Waals surface area contributed by atoms with Gasteiger partial charge in [-0.1, -0.05) is 45.4 Å². The highest BCUT2D eigenvalue weighted by molar-refractivity contribution is 8.14. The Bertz CT molecular complexity index is 602. The highest BCUT2D eigenvalue weighted by atomic mass is 32.2. The molecule has 2 aliphatic rings. The van der Waals surface area contributed by atoms with E-state index in [1.54, 1.807) is 0 Å². The van der Waals surface area contributed by atoms with Crippen molar-refractivity contribution < 1.29 is 14.3 Å². The van der Waals surface area contributed by atoms with Gasteiger partial charge < -0.3 is 9.64 Å². The zero-order chi connectivity index (χ0) is 19.3. The third kappa shape index (κ3) is 4.03. The Balaban J connectivity index is 2.62. The Morgan fingerprint density at radius 1 is 1.12 bits per heavy atom. The zero-order valence-electron chi connectivity index (χ0n) is 16.9. The second-order valence-electron chi connectivity index (χ2n) is 6.96. The van der Waals surface area contributed by atoms with Crippen LogP contribution in [0.3, 0.4) is 0 Å². The summed E-state index contributed by atoms with van der Waals surface area (Å²) in [5, 5.41) is 0.107. The lowest BCUT2D eigenvalue weighted by Gasteiger charge is -2.40. The number of allylic oxidation sites excluding steroid dienone is 2. The molecule has 0 bridgehead atoms. The van der Waals surface area contributed by atoms with Gasteiger partial charge in [0.25, 0.3) is 0 Å². The predicted octanol–water partition coefficient (Wildman–Crippen LogP) is 4.91. The largest absolute Gasteiger partial charge is 0.463 e. The molecule has 5 heteroatoms. The normalized spacial score (nSPS) is 21.6. The first kappa shape index (κ1) is 21.1. The van der Waals surface area contributed by atoms with Crippen LogP contribution in [0.5, 0.6) is 0 Å². The molecule has 1 atom stereocenters. The van der Waals surface area contributed by atoms with E-state index in [0.29, 0.717) is 12.5 Å². The van der Waals surface area contributed by atoms with Gasteiger partial charge in [-0.05, 0) is 44.3 Å². The molecular formula is C21H33NO3S. The van der Waals surface area contributed by atoms with Crippen LogP contribution in [0.4, 0.5) is 0 Å². The van der Waals surface area contributed by atoms with Crippen molar-refractivity contribution in [1.82, 2.24) is 4.90 Å². The van der Waals surface area contributed by atoms with E-state index in [1.807, 2.05) is 20.9 Å². The van der Waals surface area contributed by atoms with E-state index in [0.717, 1.165) is 54.0 Å². The number of hydrogen-bond donors (Lipinski definition) is 0. The van der Waals surface area contributed by atoms with E-state index >= 15 is 0 Å². The van der Waals surface area contributed by atoms with E-state index in [-0.39, 0.29) is 17.0 Å². The molecule has 1 fully saturated rings. The molecule has 4 nitrogen and oxygen atoms in total. The van der Waals surface area contributed by atoms with Gasteiger partial charge in [0, 0.05) is 29.9 Å². The quantitative estimate of drug-likeness (QED) is 0.588. The summed E-state index contributed by atoms with van der Waals surface area (Å²) < 4.78 is 5.44. The van der Waals surface area contributed by atoms with E-state index in [4.69, 9.17) is 4.74 Å². The fourth-order valence-electron chi connectivity index (χ4n) is 4.48. The van der Waals surface area contributed by atoms with Crippen LogP contribution < -0.4 is 0 Å². The molecule has 0 aromatic rings. The van der Waals surface area contributed by atoms with Gasteiger partial charge in [-0.15, -0.1) is 0 Å². The molecule has 1 heterocycles. The van der Waals surface area contributed by atoms with Crippen LogP contribution >= 0.6 is 11.8 Å². The van der Waals surface area contributed by atoms with Crippen LogP contribution in [0.25, 0.3) is 0 Å². The molecule has 1 aliphatic heterocycles. The number of rotatable bonds is 7. The standard InChI is InChI=1S/C21H33NO3S/c1-6-15-17(21(24)26-9-4)16(7-2)22(5)19(14-12-10-11-13-14)18(15)20(23)25-8-3/h14-15H,6-13H2,1-5H3. The van der Waals surface area contributed by atoms with Gasteiger partial charge in [0.15, 0.2) is 0 Å². The van der Waals surface area contributed by atoms with Crippen molar-refractivity contribution in [2.24, 2.45) is 11.8 Å². The number of esters is 1. The van der Waals surface area contributed by atoms with Crippen LogP contribution in [0.15, 0.2) is 22.5 Å². The SMILES string of the molecule is CCOC(=O)C1=C(C2CCCC2)N(C)C(CC)=C(C(=O)SCC)C1CC. The van der Waals surface area contributed by atoms with Crippen molar-refractivity contribution in [3.63, 3.8) is 0 Å². The summed E-state index contributed by atoms with van der Waals surface area (Å²) >= 11 is 1.34. The number of hydrogen-bond acceptors (Lipinski definition) is 5. The Kier molecular flexibility index (Phi) is 7.81. The average Bonchev–Trinajstić information content (AvgIpc) is 3.14. The Morgan fingerprint density at radius 2 is 1.77 bits per heavy atom. The van der Waals surface area contributed by atoms with Crippen molar-refractivity contribution in [1.29, 1.82) is 0 Å².